The number of benzene rings is 1. The predicted octanol–water partition coefficient (Wildman–Crippen LogP) is 3.34. The summed E-state index contributed by atoms with van der Waals surface area (Å²) in [5.41, 5.74) is 2.12. The van der Waals surface area contributed by atoms with Crippen LogP contribution in [-0.4, -0.2) is 22.1 Å². The van der Waals surface area contributed by atoms with E-state index in [0.717, 1.165) is 11.1 Å². The lowest BCUT2D eigenvalue weighted by molar-refractivity contribution is -0.143. The number of nitrogens with zero attached hydrogens (tertiary/aromatic N) is 2. The molecule has 0 fully saturated rings. The van der Waals surface area contributed by atoms with Crippen LogP contribution in [-0.2, 0) is 16.1 Å². The topological polar surface area (TPSA) is 61.2 Å². The van der Waals surface area contributed by atoms with Gasteiger partial charge in [-0.3, -0.25) is 14.2 Å². The minimum Gasteiger partial charge on any atom is -0.465 e. The highest BCUT2D eigenvalue weighted by molar-refractivity contribution is 7.17. The molecule has 0 amide bonds. The Hall–Kier alpha value is -2.18. The summed E-state index contributed by atoms with van der Waals surface area (Å²) in [6.45, 7) is 1.86. The number of esters is 1. The molecule has 5 nitrogen and oxygen atoms in total. The quantitative estimate of drug-likeness (QED) is 0.678. The lowest BCUT2D eigenvalue weighted by atomic mass is 10.1. The van der Waals surface area contributed by atoms with Crippen LogP contribution < -0.4 is 5.56 Å². The molecule has 0 bridgehead atoms. The van der Waals surface area contributed by atoms with Gasteiger partial charge in [-0.1, -0.05) is 23.7 Å². The Morgan fingerprint density at radius 2 is 2.26 bits per heavy atom. The molecule has 0 unspecified atom stereocenters. The highest BCUT2D eigenvalue weighted by Crippen LogP contribution is 2.31. The van der Waals surface area contributed by atoms with Crippen LogP contribution in [0.25, 0.3) is 21.3 Å². The lowest BCUT2D eigenvalue weighted by Crippen LogP contribution is -2.25. The Bertz CT molecular complexity index is 932. The second-order valence-electron chi connectivity index (χ2n) is 4.82. The van der Waals surface area contributed by atoms with Gasteiger partial charge in [-0.25, -0.2) is 4.98 Å². The van der Waals surface area contributed by atoms with Crippen molar-refractivity contribution in [1.29, 1.82) is 0 Å². The Kier molecular flexibility index (Phi) is 4.45. The largest absolute Gasteiger partial charge is 0.465 e. The van der Waals surface area contributed by atoms with Crippen molar-refractivity contribution in [3.8, 4) is 11.1 Å². The van der Waals surface area contributed by atoms with Gasteiger partial charge in [0.25, 0.3) is 5.56 Å². The van der Waals surface area contributed by atoms with E-state index in [1.54, 1.807) is 13.0 Å². The van der Waals surface area contributed by atoms with Gasteiger partial charge in [0.1, 0.15) is 11.2 Å². The molecule has 0 radical (unpaired) electrons. The Morgan fingerprint density at radius 1 is 1.43 bits per heavy atom. The summed E-state index contributed by atoms with van der Waals surface area (Å²) in [7, 11) is 0. The third-order valence-corrected chi connectivity index (χ3v) is 4.48. The molecule has 2 heterocycles. The lowest BCUT2D eigenvalue weighted by Gasteiger charge is -2.05. The molecule has 3 aromatic rings. The van der Waals surface area contributed by atoms with Crippen LogP contribution in [0.4, 0.5) is 0 Å². The van der Waals surface area contributed by atoms with Crippen molar-refractivity contribution in [2.45, 2.75) is 13.5 Å². The number of hydrogen-bond donors (Lipinski definition) is 0. The van der Waals surface area contributed by atoms with Crippen molar-refractivity contribution in [2.75, 3.05) is 6.61 Å². The third-order valence-electron chi connectivity index (χ3n) is 3.29. The molecular formula is C16H13ClN2O3S. The van der Waals surface area contributed by atoms with Gasteiger partial charge in [-0.2, -0.15) is 0 Å². The van der Waals surface area contributed by atoms with E-state index < -0.39 is 5.97 Å². The average Bonchev–Trinajstić information content (AvgIpc) is 2.95. The highest BCUT2D eigenvalue weighted by Gasteiger charge is 2.14. The van der Waals surface area contributed by atoms with Gasteiger partial charge in [0.05, 0.1) is 18.5 Å². The second-order valence-corrected chi connectivity index (χ2v) is 6.14. The molecule has 0 saturated carbocycles. The molecule has 0 aliphatic rings. The maximum atomic E-state index is 12.5. The van der Waals surface area contributed by atoms with Gasteiger partial charge in [0.2, 0.25) is 0 Å². The maximum Gasteiger partial charge on any atom is 0.326 e. The average molecular weight is 349 g/mol. The number of carbonyl (C=O) groups excluding carboxylic acids is 1. The summed E-state index contributed by atoms with van der Waals surface area (Å²) < 4.78 is 6.63. The van der Waals surface area contributed by atoms with E-state index in [1.807, 2.05) is 23.6 Å². The minimum absolute atomic E-state index is 0.139. The van der Waals surface area contributed by atoms with Crippen LogP contribution in [0.3, 0.4) is 0 Å². The number of thiophene rings is 1. The van der Waals surface area contributed by atoms with Crippen LogP contribution in [0.5, 0.6) is 0 Å². The van der Waals surface area contributed by atoms with Gasteiger partial charge >= 0.3 is 5.97 Å². The van der Waals surface area contributed by atoms with Crippen molar-refractivity contribution in [2.24, 2.45) is 0 Å². The molecular weight excluding hydrogens is 336 g/mol. The number of carbonyl (C=O) groups is 1. The molecule has 0 spiro atoms. The first-order valence-electron chi connectivity index (χ1n) is 6.98. The normalized spacial score (nSPS) is 10.9. The number of fused-ring (bicyclic) bond motifs is 1. The smallest absolute Gasteiger partial charge is 0.326 e. The molecule has 1 aromatic carbocycles. The van der Waals surface area contributed by atoms with Crippen LogP contribution in [0.15, 0.2) is 40.8 Å². The van der Waals surface area contributed by atoms with Crippen LogP contribution in [0, 0.1) is 0 Å². The summed E-state index contributed by atoms with van der Waals surface area (Å²) >= 11 is 7.33. The van der Waals surface area contributed by atoms with Crippen molar-refractivity contribution < 1.29 is 9.53 Å². The zero-order valence-corrected chi connectivity index (χ0v) is 13.9. The fourth-order valence-electron chi connectivity index (χ4n) is 2.26. The fraction of sp³-hybridized carbons (Fsp3) is 0.188. The van der Waals surface area contributed by atoms with E-state index in [9.17, 15) is 9.59 Å². The first-order chi connectivity index (χ1) is 11.1. The molecule has 2 aromatic heterocycles. The van der Waals surface area contributed by atoms with Crippen molar-refractivity contribution in [3.05, 3.63) is 51.3 Å². The zero-order chi connectivity index (χ0) is 16.4. The molecule has 118 valence electrons. The monoisotopic (exact) mass is 348 g/mol. The van der Waals surface area contributed by atoms with Gasteiger partial charge in [0.15, 0.2) is 0 Å². The molecule has 0 aliphatic heterocycles. The predicted molar refractivity (Wildman–Crippen MR) is 91.0 cm³/mol. The zero-order valence-electron chi connectivity index (χ0n) is 12.3. The van der Waals surface area contributed by atoms with Crippen LogP contribution >= 0.6 is 22.9 Å². The highest BCUT2D eigenvalue weighted by atomic mass is 35.5. The Labute approximate surface area is 141 Å². The molecule has 0 saturated heterocycles. The van der Waals surface area contributed by atoms with Crippen molar-refractivity contribution in [3.63, 3.8) is 0 Å². The van der Waals surface area contributed by atoms with Crippen molar-refractivity contribution >= 4 is 39.1 Å². The summed E-state index contributed by atoms with van der Waals surface area (Å²) in [5, 5.41) is 2.50. The number of aromatic nitrogens is 2. The Balaban J connectivity index is 2.04. The van der Waals surface area contributed by atoms with E-state index >= 15 is 0 Å². The number of halogens is 1. The number of hydrogen-bond acceptors (Lipinski definition) is 5. The molecule has 23 heavy (non-hydrogen) atoms. The first kappa shape index (κ1) is 15.7. The fourth-order valence-corrected chi connectivity index (χ4v) is 3.43. The summed E-state index contributed by atoms with van der Waals surface area (Å²) in [4.78, 5) is 28.4. The minimum atomic E-state index is -0.456. The van der Waals surface area contributed by atoms with E-state index in [-0.39, 0.29) is 18.7 Å². The summed E-state index contributed by atoms with van der Waals surface area (Å²) in [6.07, 6.45) is 1.38. The first-order valence-corrected chi connectivity index (χ1v) is 8.24. The van der Waals surface area contributed by atoms with Crippen LogP contribution in [0.2, 0.25) is 5.02 Å². The Morgan fingerprint density at radius 3 is 3.00 bits per heavy atom. The van der Waals surface area contributed by atoms with Crippen LogP contribution in [0.1, 0.15) is 6.92 Å². The van der Waals surface area contributed by atoms with E-state index in [4.69, 9.17) is 16.3 Å². The SMILES string of the molecule is CCOC(=O)Cn1cnc2c(-c3cccc(Cl)c3)csc2c1=O. The molecule has 7 heteroatoms. The number of ether oxygens (including phenoxy) is 1. The van der Waals surface area contributed by atoms with Gasteiger partial charge in [-0.05, 0) is 24.6 Å². The van der Waals surface area contributed by atoms with Gasteiger partial charge in [-0.15, -0.1) is 11.3 Å². The van der Waals surface area contributed by atoms with Gasteiger partial charge in [0, 0.05) is 16.0 Å². The molecule has 3 rings (SSSR count). The third kappa shape index (κ3) is 3.13. The van der Waals surface area contributed by atoms with E-state index in [0.29, 0.717) is 15.2 Å². The van der Waals surface area contributed by atoms with E-state index in [2.05, 4.69) is 4.98 Å². The number of rotatable bonds is 4. The second kappa shape index (κ2) is 6.52. The molecule has 0 aliphatic carbocycles. The standard InChI is InChI=1S/C16H13ClN2O3S/c1-2-22-13(20)7-19-9-18-14-12(8-23-15(14)16(19)21)10-4-3-5-11(17)6-10/h3-6,8-9H,2,7H2,1H3. The summed E-state index contributed by atoms with van der Waals surface area (Å²) in [5.74, 6) is -0.456. The van der Waals surface area contributed by atoms with E-state index in [1.165, 1.54) is 22.2 Å². The molecule has 0 atom stereocenters. The molecule has 0 N–H and O–H groups in total. The summed E-state index contributed by atoms with van der Waals surface area (Å²) in [6, 6.07) is 7.39. The maximum absolute atomic E-state index is 12.5. The van der Waals surface area contributed by atoms with Gasteiger partial charge < -0.3 is 4.74 Å². The van der Waals surface area contributed by atoms with Crippen molar-refractivity contribution in [1.82, 2.24) is 9.55 Å².